The molecule has 1 N–H and O–H groups in total. The quantitative estimate of drug-likeness (QED) is 0.456. The number of fused-ring (bicyclic) bond motifs is 1. The second kappa shape index (κ2) is 8.15. The number of alkyl halides is 3. The normalized spacial score (nSPS) is 17.9. The third-order valence-electron chi connectivity index (χ3n) is 6.29. The maximum absolute atomic E-state index is 14.0. The predicted molar refractivity (Wildman–Crippen MR) is 125 cm³/mol. The number of aromatic carboxylic acids is 1. The van der Waals surface area contributed by atoms with Crippen molar-refractivity contribution >= 4 is 23.3 Å². The van der Waals surface area contributed by atoms with E-state index in [1.54, 1.807) is 25.1 Å². The van der Waals surface area contributed by atoms with Crippen LogP contribution in [0.4, 0.5) is 24.5 Å². The van der Waals surface area contributed by atoms with Crippen LogP contribution in [0, 0.1) is 0 Å². The Labute approximate surface area is 200 Å². The van der Waals surface area contributed by atoms with Gasteiger partial charge in [-0.1, -0.05) is 51.1 Å². The lowest BCUT2D eigenvalue weighted by Crippen LogP contribution is -2.37. The zero-order valence-corrected chi connectivity index (χ0v) is 19.6. The van der Waals surface area contributed by atoms with Crippen LogP contribution < -0.4 is 9.64 Å². The number of hydrogen-bond acceptors (Lipinski definition) is 3. The van der Waals surface area contributed by atoms with Crippen LogP contribution in [0.5, 0.6) is 5.75 Å². The third-order valence-corrected chi connectivity index (χ3v) is 6.29. The summed E-state index contributed by atoms with van der Waals surface area (Å²) in [5.74, 6) is -2.02. The minimum absolute atomic E-state index is 0.0167. The fraction of sp³-hybridized carbons (Fsp3) is 0.259. The largest absolute Gasteiger partial charge is 0.573 e. The Kier molecular flexibility index (Phi) is 5.66. The summed E-state index contributed by atoms with van der Waals surface area (Å²) in [6.45, 7) is 7.81. The molecule has 8 heteroatoms. The van der Waals surface area contributed by atoms with Gasteiger partial charge in [-0.15, -0.1) is 13.2 Å². The summed E-state index contributed by atoms with van der Waals surface area (Å²) in [4.78, 5) is 26.8. The number of carboxylic acid groups (broad SMARTS) is 1. The molecule has 0 aliphatic carbocycles. The molecule has 0 aromatic heterocycles. The molecule has 3 aromatic rings. The summed E-state index contributed by atoms with van der Waals surface area (Å²) in [6, 6.07) is 17.0. The molecule has 0 saturated heterocycles. The highest BCUT2D eigenvalue weighted by atomic mass is 19.4. The zero-order chi connectivity index (χ0) is 25.8. The van der Waals surface area contributed by atoms with Gasteiger partial charge in [0.15, 0.2) is 0 Å². The van der Waals surface area contributed by atoms with Gasteiger partial charge in [-0.2, -0.15) is 0 Å². The van der Waals surface area contributed by atoms with Crippen molar-refractivity contribution in [3.63, 3.8) is 0 Å². The summed E-state index contributed by atoms with van der Waals surface area (Å²) in [5, 5.41) is 9.40. The van der Waals surface area contributed by atoms with Crippen LogP contribution in [0.15, 0.2) is 66.7 Å². The Morgan fingerprint density at radius 2 is 1.63 bits per heavy atom. The molecule has 182 valence electrons. The number of halogens is 3. The van der Waals surface area contributed by atoms with Crippen LogP contribution in [0.2, 0.25) is 0 Å². The van der Waals surface area contributed by atoms with Crippen molar-refractivity contribution in [1.29, 1.82) is 0 Å². The average Bonchev–Trinajstić information content (AvgIpc) is 3.00. The van der Waals surface area contributed by atoms with Crippen molar-refractivity contribution in [1.82, 2.24) is 0 Å². The molecule has 3 aromatic carbocycles. The van der Waals surface area contributed by atoms with Gasteiger partial charge in [0.05, 0.1) is 16.7 Å². The van der Waals surface area contributed by atoms with E-state index in [9.17, 15) is 27.9 Å². The van der Waals surface area contributed by atoms with Gasteiger partial charge in [-0.05, 0) is 65.4 Å². The van der Waals surface area contributed by atoms with Gasteiger partial charge in [0.25, 0.3) is 0 Å². The average molecular weight is 483 g/mol. The number of ether oxygens (including phenoxy) is 1. The Morgan fingerprint density at radius 3 is 2.20 bits per heavy atom. The number of amides is 1. The zero-order valence-electron chi connectivity index (χ0n) is 19.6. The molecule has 0 radical (unpaired) electrons. The minimum atomic E-state index is -4.89. The first-order chi connectivity index (χ1) is 16.2. The maximum atomic E-state index is 14.0. The highest BCUT2D eigenvalue weighted by Crippen LogP contribution is 2.50. The molecular formula is C27H24F3NO4. The second-order valence-corrected chi connectivity index (χ2v) is 9.68. The fourth-order valence-electron chi connectivity index (χ4n) is 4.37. The Bertz CT molecular complexity index is 1310. The van der Waals surface area contributed by atoms with E-state index in [1.807, 2.05) is 12.1 Å². The topological polar surface area (TPSA) is 66.8 Å². The molecular weight excluding hydrogens is 459 g/mol. The monoisotopic (exact) mass is 483 g/mol. The van der Waals surface area contributed by atoms with E-state index in [-0.39, 0.29) is 11.0 Å². The summed E-state index contributed by atoms with van der Waals surface area (Å²) in [5.41, 5.74) is 1.13. The Balaban J connectivity index is 1.91. The summed E-state index contributed by atoms with van der Waals surface area (Å²) < 4.78 is 43.0. The van der Waals surface area contributed by atoms with Crippen molar-refractivity contribution in [2.45, 2.75) is 44.9 Å². The Morgan fingerprint density at radius 1 is 0.971 bits per heavy atom. The van der Waals surface area contributed by atoms with Crippen LogP contribution in [-0.4, -0.2) is 23.3 Å². The lowest BCUT2D eigenvalue weighted by Gasteiger charge is -2.27. The molecule has 0 saturated carbocycles. The van der Waals surface area contributed by atoms with Crippen molar-refractivity contribution < 1.29 is 32.6 Å². The molecule has 4 rings (SSSR count). The van der Waals surface area contributed by atoms with Crippen molar-refractivity contribution in [3.05, 3.63) is 89.0 Å². The van der Waals surface area contributed by atoms with Gasteiger partial charge in [0.1, 0.15) is 5.75 Å². The molecule has 0 bridgehead atoms. The van der Waals surface area contributed by atoms with Gasteiger partial charge in [0.2, 0.25) is 5.91 Å². The molecule has 1 unspecified atom stereocenters. The first-order valence-corrected chi connectivity index (χ1v) is 10.9. The number of carbonyl (C=O) groups excluding carboxylic acids is 1. The highest BCUT2D eigenvalue weighted by Gasteiger charge is 2.50. The molecule has 1 aliphatic heterocycles. The van der Waals surface area contributed by atoms with Gasteiger partial charge >= 0.3 is 12.3 Å². The maximum Gasteiger partial charge on any atom is 0.573 e. The summed E-state index contributed by atoms with van der Waals surface area (Å²) in [6.07, 6.45) is -4.89. The van der Waals surface area contributed by atoms with E-state index in [4.69, 9.17) is 0 Å². The molecule has 1 heterocycles. The number of anilines is 2. The lowest BCUT2D eigenvalue weighted by molar-refractivity contribution is -0.274. The number of rotatable bonds is 4. The molecule has 0 spiro atoms. The van der Waals surface area contributed by atoms with Gasteiger partial charge in [-0.3, -0.25) is 9.69 Å². The van der Waals surface area contributed by atoms with Crippen molar-refractivity contribution in [3.8, 4) is 5.75 Å². The van der Waals surface area contributed by atoms with Gasteiger partial charge < -0.3 is 9.84 Å². The van der Waals surface area contributed by atoms with E-state index in [0.29, 0.717) is 22.5 Å². The van der Waals surface area contributed by atoms with Gasteiger partial charge in [0, 0.05) is 5.69 Å². The first kappa shape index (κ1) is 24.3. The van der Waals surface area contributed by atoms with E-state index >= 15 is 0 Å². The SMILES string of the molecule is CC(C)(C)c1ccc(C2(C)C(=O)N(c3cccc(C(=O)O)c3)c3ccc(OC(F)(F)F)cc32)cc1. The number of benzene rings is 3. The number of hydrogen-bond donors (Lipinski definition) is 1. The summed E-state index contributed by atoms with van der Waals surface area (Å²) >= 11 is 0. The molecule has 5 nitrogen and oxygen atoms in total. The van der Waals surface area contributed by atoms with Crippen LogP contribution in [0.3, 0.4) is 0 Å². The predicted octanol–water partition coefficient (Wildman–Crippen LogP) is 6.57. The van der Waals surface area contributed by atoms with Crippen LogP contribution in [-0.2, 0) is 15.6 Å². The molecule has 1 amide bonds. The smallest absolute Gasteiger partial charge is 0.478 e. The Hall–Kier alpha value is -3.81. The highest BCUT2D eigenvalue weighted by molar-refractivity contribution is 6.15. The van der Waals surface area contributed by atoms with Crippen molar-refractivity contribution in [2.24, 2.45) is 0 Å². The van der Waals surface area contributed by atoms with Crippen LogP contribution >= 0.6 is 0 Å². The van der Waals surface area contributed by atoms with Crippen molar-refractivity contribution in [2.75, 3.05) is 4.90 Å². The molecule has 35 heavy (non-hydrogen) atoms. The summed E-state index contributed by atoms with van der Waals surface area (Å²) in [7, 11) is 0. The van der Waals surface area contributed by atoms with E-state index < -0.39 is 29.4 Å². The fourth-order valence-corrected chi connectivity index (χ4v) is 4.37. The molecule has 1 atom stereocenters. The van der Waals surface area contributed by atoms with Gasteiger partial charge in [-0.25, -0.2) is 4.79 Å². The third kappa shape index (κ3) is 4.36. The number of nitrogens with zero attached hydrogens (tertiary/aromatic N) is 1. The minimum Gasteiger partial charge on any atom is -0.478 e. The molecule has 0 fully saturated rings. The van der Waals surface area contributed by atoms with Crippen LogP contribution in [0.25, 0.3) is 0 Å². The van der Waals surface area contributed by atoms with E-state index in [2.05, 4.69) is 25.5 Å². The van der Waals surface area contributed by atoms with E-state index in [0.717, 1.165) is 11.6 Å². The number of carbonyl (C=O) groups is 2. The van der Waals surface area contributed by atoms with E-state index in [1.165, 1.54) is 35.2 Å². The van der Waals surface area contributed by atoms with Crippen LogP contribution in [0.1, 0.15) is 54.7 Å². The molecule has 1 aliphatic rings. The second-order valence-electron chi connectivity index (χ2n) is 9.68. The first-order valence-electron chi connectivity index (χ1n) is 10.9. The number of carboxylic acids is 1. The lowest BCUT2D eigenvalue weighted by atomic mass is 9.76. The standard InChI is InChI=1S/C27H24F3NO4/c1-25(2,3)17-8-10-18(11-9-17)26(4)21-15-20(35-27(28,29)30)12-13-22(21)31(24(26)34)19-7-5-6-16(14-19)23(32)33/h5-15H,1-4H3,(H,32,33).